The number of aliphatic hydroxyl groups is 3. The number of aromatic hydroxyl groups is 1. The van der Waals surface area contributed by atoms with Gasteiger partial charge >= 0.3 is 0 Å². The maximum absolute atomic E-state index is 12.2. The van der Waals surface area contributed by atoms with Crippen molar-refractivity contribution in [3.63, 3.8) is 0 Å². The van der Waals surface area contributed by atoms with Gasteiger partial charge in [0.15, 0.2) is 23.5 Å². The third kappa shape index (κ3) is 5.25. The van der Waals surface area contributed by atoms with Crippen molar-refractivity contribution in [2.45, 2.75) is 81.9 Å². The minimum atomic E-state index is -1.04. The summed E-state index contributed by atoms with van der Waals surface area (Å²) in [4.78, 5) is 0. The van der Waals surface area contributed by atoms with Crippen molar-refractivity contribution in [2.75, 3.05) is 39.4 Å². The maximum atomic E-state index is 12.2. The second kappa shape index (κ2) is 12.9. The van der Waals surface area contributed by atoms with E-state index in [-0.39, 0.29) is 49.0 Å². The van der Waals surface area contributed by atoms with Crippen molar-refractivity contribution in [3.8, 4) is 45.6 Å². The number of hydrogen-bond donors (Lipinski definition) is 6. The highest BCUT2D eigenvalue weighted by Gasteiger charge is 2.47. The van der Waals surface area contributed by atoms with Crippen LogP contribution in [0.25, 0.3) is 11.1 Å². The first-order valence-corrected chi connectivity index (χ1v) is 17.8. The van der Waals surface area contributed by atoms with Crippen LogP contribution in [0.3, 0.4) is 0 Å². The van der Waals surface area contributed by atoms with E-state index in [9.17, 15) is 20.4 Å². The third-order valence-corrected chi connectivity index (χ3v) is 11.2. The molecule has 0 spiro atoms. The molecule has 3 aliphatic heterocycles. The molecular weight excluding hydrogens is 640 g/mol. The third-order valence-electron chi connectivity index (χ3n) is 11.2. The normalized spacial score (nSPS) is 27.2. The Balaban J connectivity index is 1.23. The van der Waals surface area contributed by atoms with E-state index in [4.69, 9.17) is 23.7 Å². The van der Waals surface area contributed by atoms with Crippen molar-refractivity contribution in [1.29, 1.82) is 0 Å². The molecule has 3 heterocycles. The Morgan fingerprint density at radius 3 is 2.52 bits per heavy atom. The van der Waals surface area contributed by atoms with E-state index in [1.54, 1.807) is 19.2 Å². The van der Waals surface area contributed by atoms with Crippen LogP contribution in [0.15, 0.2) is 36.4 Å². The molecule has 1 fully saturated rings. The molecule has 8 rings (SSSR count). The Labute approximate surface area is 291 Å². The van der Waals surface area contributed by atoms with Crippen LogP contribution in [0.4, 0.5) is 5.69 Å². The summed E-state index contributed by atoms with van der Waals surface area (Å²) >= 11 is 0. The minimum absolute atomic E-state index is 0.0400. The van der Waals surface area contributed by atoms with E-state index < -0.39 is 24.0 Å². The molecule has 3 aromatic carbocycles. The molecule has 1 saturated carbocycles. The maximum Gasteiger partial charge on any atom is 0.200 e. The van der Waals surface area contributed by atoms with Gasteiger partial charge in [-0.05, 0) is 55.9 Å². The Kier molecular flexibility index (Phi) is 8.49. The zero-order chi connectivity index (χ0) is 34.7. The van der Waals surface area contributed by atoms with Crippen LogP contribution in [0, 0.1) is 5.92 Å². The second-order valence-corrected chi connectivity index (χ2v) is 14.1. The van der Waals surface area contributed by atoms with Gasteiger partial charge in [0, 0.05) is 77.4 Å². The SMILES string of the molecule is COc1cc([C@@H]2COc3cc4c5c(c3[C@H]2O)CCc2c(OC)cc(O[C@@]36CCCC[C@@H]3C=C[C@H](C)N6)c(c2-5)[C@H](O)N4)cc(OCCCO)c1O. The number of phenolic OH excluding ortho intramolecular Hbond substituents is 1. The van der Waals surface area contributed by atoms with E-state index in [2.05, 4.69) is 29.7 Å². The predicted molar refractivity (Wildman–Crippen MR) is 187 cm³/mol. The smallest absolute Gasteiger partial charge is 0.200 e. The van der Waals surface area contributed by atoms with Crippen LogP contribution in [-0.4, -0.2) is 66.2 Å². The van der Waals surface area contributed by atoms with Gasteiger partial charge in [0.1, 0.15) is 17.2 Å². The number of rotatable bonds is 9. The number of phenols is 1. The Morgan fingerprint density at radius 1 is 0.920 bits per heavy atom. The van der Waals surface area contributed by atoms with E-state index in [0.29, 0.717) is 53.2 Å². The lowest BCUT2D eigenvalue weighted by molar-refractivity contribution is -0.0467. The van der Waals surface area contributed by atoms with Crippen LogP contribution in [-0.2, 0) is 12.8 Å². The number of anilines is 1. The van der Waals surface area contributed by atoms with E-state index in [1.165, 1.54) is 7.11 Å². The first-order valence-electron chi connectivity index (χ1n) is 17.8. The van der Waals surface area contributed by atoms with Crippen LogP contribution in [0.1, 0.15) is 85.1 Å². The Hall–Kier alpha value is -4.16. The molecule has 11 heteroatoms. The Morgan fingerprint density at radius 2 is 1.72 bits per heavy atom. The van der Waals surface area contributed by atoms with Crippen LogP contribution < -0.4 is 34.3 Å². The lowest BCUT2D eigenvalue weighted by atomic mass is 9.74. The summed E-state index contributed by atoms with van der Waals surface area (Å²) in [5.74, 6) is 1.87. The number of hydrogen-bond acceptors (Lipinski definition) is 11. The zero-order valence-corrected chi connectivity index (χ0v) is 28.8. The predicted octanol–water partition coefficient (Wildman–Crippen LogP) is 5.38. The van der Waals surface area contributed by atoms with Crippen LogP contribution >= 0.6 is 0 Å². The monoisotopic (exact) mass is 686 g/mol. The summed E-state index contributed by atoms with van der Waals surface area (Å²) in [6, 6.07) is 7.36. The highest BCUT2D eigenvalue weighted by Crippen LogP contribution is 2.58. The number of benzene rings is 3. The highest BCUT2D eigenvalue weighted by atomic mass is 16.5. The first kappa shape index (κ1) is 33.0. The molecule has 5 aliphatic rings. The quantitative estimate of drug-likeness (QED) is 0.127. The standard InChI is InChI=1S/C39H46N2O9/c1-20-8-9-22-7-4-5-12-39(22,41-20)50-29-18-27(46-2)23-10-11-24-32-26(40-38(45)35(29)34(23)32)17-28-33(24)36(43)25(19-49-28)21-15-30(47-3)37(44)31(16-21)48-14-6-13-42/h8-9,15-18,20,22,25,36,38,40-45H,4-7,10-14,19H2,1-3H3/t20-,22+,25-,36-,38-,39-/m0/s1. The molecule has 11 nitrogen and oxygen atoms in total. The fourth-order valence-corrected chi connectivity index (χ4v) is 8.83. The van der Waals surface area contributed by atoms with Crippen molar-refractivity contribution < 1.29 is 44.1 Å². The number of ether oxygens (including phenoxy) is 5. The van der Waals surface area contributed by atoms with Gasteiger partial charge in [0.2, 0.25) is 5.75 Å². The summed E-state index contributed by atoms with van der Waals surface area (Å²) < 4.78 is 30.7. The molecule has 0 radical (unpaired) electrons. The molecule has 3 aromatic rings. The molecule has 266 valence electrons. The summed E-state index contributed by atoms with van der Waals surface area (Å²) in [7, 11) is 3.14. The molecule has 50 heavy (non-hydrogen) atoms. The number of fused-ring (bicyclic) bond motifs is 3. The van der Waals surface area contributed by atoms with E-state index in [0.717, 1.165) is 53.6 Å². The van der Waals surface area contributed by atoms with Crippen LogP contribution in [0.5, 0.6) is 34.5 Å². The van der Waals surface area contributed by atoms with Crippen molar-refractivity contribution in [2.24, 2.45) is 5.92 Å². The van der Waals surface area contributed by atoms with Gasteiger partial charge in [-0.1, -0.05) is 18.6 Å². The molecule has 0 bridgehead atoms. The summed E-state index contributed by atoms with van der Waals surface area (Å²) in [5, 5.41) is 51.0. The highest BCUT2D eigenvalue weighted by molar-refractivity contribution is 5.93. The van der Waals surface area contributed by atoms with Crippen molar-refractivity contribution in [3.05, 3.63) is 64.2 Å². The second-order valence-electron chi connectivity index (χ2n) is 14.1. The summed E-state index contributed by atoms with van der Waals surface area (Å²) in [6.45, 7) is 2.48. The lowest BCUT2D eigenvalue weighted by Crippen LogP contribution is -2.61. The van der Waals surface area contributed by atoms with Crippen molar-refractivity contribution >= 4 is 5.69 Å². The molecule has 6 atom stereocenters. The summed E-state index contributed by atoms with van der Waals surface area (Å²) in [6.07, 6.45) is 8.24. The van der Waals surface area contributed by atoms with Crippen LogP contribution in [0.2, 0.25) is 0 Å². The molecule has 0 amide bonds. The molecule has 6 N–H and O–H groups in total. The summed E-state index contributed by atoms with van der Waals surface area (Å²) in [5.41, 5.74) is 5.95. The molecule has 2 aliphatic carbocycles. The lowest BCUT2D eigenvalue weighted by Gasteiger charge is -2.48. The van der Waals surface area contributed by atoms with Crippen molar-refractivity contribution in [1.82, 2.24) is 5.32 Å². The number of nitrogens with one attached hydrogen (secondary N) is 2. The van der Waals surface area contributed by atoms with Gasteiger partial charge < -0.3 is 49.4 Å². The van der Waals surface area contributed by atoms with Gasteiger partial charge in [0.05, 0.1) is 39.1 Å². The van der Waals surface area contributed by atoms with Gasteiger partial charge in [-0.25, -0.2) is 0 Å². The fourth-order valence-electron chi connectivity index (χ4n) is 8.83. The van der Waals surface area contributed by atoms with Gasteiger partial charge in [-0.2, -0.15) is 0 Å². The Bertz CT molecular complexity index is 1840. The molecular formula is C39H46N2O9. The topological polar surface area (TPSA) is 151 Å². The fraction of sp³-hybridized carbons (Fsp3) is 0.487. The minimum Gasteiger partial charge on any atom is -0.502 e. The van der Waals surface area contributed by atoms with Gasteiger partial charge in [-0.15, -0.1) is 0 Å². The largest absolute Gasteiger partial charge is 0.502 e. The number of methoxy groups -OCH3 is 2. The number of aliphatic hydroxyl groups excluding tert-OH is 3. The first-order chi connectivity index (χ1) is 24.3. The van der Waals surface area contributed by atoms with Gasteiger partial charge in [0.25, 0.3) is 0 Å². The van der Waals surface area contributed by atoms with E-state index in [1.807, 2.05) is 12.1 Å². The molecule has 0 aromatic heterocycles. The van der Waals surface area contributed by atoms with Gasteiger partial charge in [-0.3, -0.25) is 5.32 Å². The zero-order valence-electron chi connectivity index (χ0n) is 28.8. The average molecular weight is 687 g/mol. The van der Waals surface area contributed by atoms with E-state index >= 15 is 0 Å². The average Bonchev–Trinajstić information content (AvgIpc) is 3.11. The molecule has 0 saturated heterocycles. The molecule has 0 unspecified atom stereocenters.